The third-order valence-corrected chi connectivity index (χ3v) is 3.96. The number of non-ortho nitro benzene ring substituents is 1. The minimum absolute atomic E-state index is 0.109. The zero-order valence-electron chi connectivity index (χ0n) is 16.3. The second-order valence-corrected chi connectivity index (χ2v) is 5.83. The van der Waals surface area contributed by atoms with Crippen LogP contribution in [0, 0.1) is 10.1 Å². The molecule has 2 aromatic rings. The molecule has 0 saturated carbocycles. The molecule has 29 heavy (non-hydrogen) atoms. The van der Waals surface area contributed by atoms with Gasteiger partial charge in [-0.2, -0.15) is 0 Å². The van der Waals surface area contributed by atoms with Crippen LogP contribution in [-0.4, -0.2) is 37.9 Å². The van der Waals surface area contributed by atoms with Crippen molar-refractivity contribution in [3.8, 4) is 17.2 Å². The lowest BCUT2D eigenvalue weighted by molar-refractivity contribution is -0.384. The summed E-state index contributed by atoms with van der Waals surface area (Å²) in [5, 5.41) is 13.3. The Balaban J connectivity index is 2.37. The fourth-order valence-electron chi connectivity index (χ4n) is 2.54. The molecule has 0 spiro atoms. The summed E-state index contributed by atoms with van der Waals surface area (Å²) in [6.07, 6.45) is 1.40. The highest BCUT2D eigenvalue weighted by molar-refractivity contribution is 6.25. The van der Waals surface area contributed by atoms with Gasteiger partial charge >= 0.3 is 0 Å². The first-order valence-electron chi connectivity index (χ1n) is 8.39. The first-order valence-corrected chi connectivity index (χ1v) is 8.39. The van der Waals surface area contributed by atoms with Gasteiger partial charge < -0.3 is 19.5 Å². The molecule has 1 amide bonds. The number of ether oxygens (including phenoxy) is 3. The summed E-state index contributed by atoms with van der Waals surface area (Å²) < 4.78 is 15.8. The van der Waals surface area contributed by atoms with Crippen LogP contribution in [0.25, 0.3) is 6.08 Å². The summed E-state index contributed by atoms with van der Waals surface area (Å²) in [5.41, 5.74) is 0.585. The number of rotatable bonds is 8. The molecule has 0 unspecified atom stereocenters. The number of methoxy groups -OCH3 is 3. The van der Waals surface area contributed by atoms with Crippen molar-refractivity contribution in [1.82, 2.24) is 0 Å². The monoisotopic (exact) mass is 400 g/mol. The highest BCUT2D eigenvalue weighted by Gasteiger charge is 2.18. The average molecular weight is 400 g/mol. The minimum Gasteiger partial charge on any atom is -0.493 e. The Bertz CT molecular complexity index is 940. The SMILES string of the molecule is COc1cc(/C=C(\C(C)=O)C(=O)Nc2ccc([N+](=O)[O-])cc2)cc(OC)c1OC. The summed E-state index contributed by atoms with van der Waals surface area (Å²) in [5.74, 6) is 0.0127. The second-order valence-electron chi connectivity index (χ2n) is 5.83. The third kappa shape index (κ3) is 5.10. The number of hydrogen-bond donors (Lipinski definition) is 1. The average Bonchev–Trinajstić information content (AvgIpc) is 2.71. The number of carbonyl (C=O) groups excluding carboxylic acids is 2. The zero-order chi connectivity index (χ0) is 21.6. The summed E-state index contributed by atoms with van der Waals surface area (Å²) >= 11 is 0. The van der Waals surface area contributed by atoms with Crippen LogP contribution in [0.1, 0.15) is 12.5 Å². The van der Waals surface area contributed by atoms with Crippen LogP contribution in [-0.2, 0) is 9.59 Å². The molecular formula is C20H20N2O7. The van der Waals surface area contributed by atoms with E-state index in [0.717, 1.165) is 0 Å². The molecule has 0 bridgehead atoms. The molecule has 0 atom stereocenters. The molecule has 0 saturated heterocycles. The molecule has 0 fully saturated rings. The molecule has 9 nitrogen and oxygen atoms in total. The van der Waals surface area contributed by atoms with Crippen molar-refractivity contribution in [1.29, 1.82) is 0 Å². The van der Waals surface area contributed by atoms with E-state index < -0.39 is 16.6 Å². The second kappa shape index (κ2) is 9.36. The van der Waals surface area contributed by atoms with Crippen LogP contribution in [0.4, 0.5) is 11.4 Å². The molecule has 9 heteroatoms. The highest BCUT2D eigenvalue weighted by atomic mass is 16.6. The van der Waals surface area contributed by atoms with Crippen molar-refractivity contribution in [2.45, 2.75) is 6.92 Å². The van der Waals surface area contributed by atoms with Gasteiger partial charge in [-0.1, -0.05) is 0 Å². The van der Waals surface area contributed by atoms with Gasteiger partial charge in [0.25, 0.3) is 11.6 Å². The number of nitro groups is 1. The number of benzene rings is 2. The van der Waals surface area contributed by atoms with E-state index in [4.69, 9.17) is 14.2 Å². The number of carbonyl (C=O) groups is 2. The quantitative estimate of drug-likeness (QED) is 0.238. The number of amides is 1. The molecular weight excluding hydrogens is 380 g/mol. The molecule has 0 aliphatic rings. The maximum absolute atomic E-state index is 12.6. The number of nitro benzene ring substituents is 1. The lowest BCUT2D eigenvalue weighted by atomic mass is 10.1. The Kier molecular flexibility index (Phi) is 6.91. The van der Waals surface area contributed by atoms with Crippen molar-refractivity contribution in [2.75, 3.05) is 26.6 Å². The fraction of sp³-hybridized carbons (Fsp3) is 0.200. The van der Waals surface area contributed by atoms with E-state index in [1.807, 2.05) is 0 Å². The number of Topliss-reactive ketones (excluding diaryl/α,β-unsaturated/α-hetero) is 1. The third-order valence-electron chi connectivity index (χ3n) is 3.96. The van der Waals surface area contributed by atoms with Gasteiger partial charge in [0.05, 0.1) is 31.8 Å². The zero-order valence-corrected chi connectivity index (χ0v) is 16.3. The molecule has 0 radical (unpaired) electrons. The normalized spacial score (nSPS) is 10.8. The van der Waals surface area contributed by atoms with Crippen LogP contribution in [0.5, 0.6) is 17.2 Å². The summed E-state index contributed by atoms with van der Waals surface area (Å²) in [6.45, 7) is 1.26. The Morgan fingerprint density at radius 3 is 1.97 bits per heavy atom. The van der Waals surface area contributed by atoms with Crippen molar-refractivity contribution in [3.05, 3.63) is 57.6 Å². The first kappa shape index (κ1) is 21.4. The van der Waals surface area contributed by atoms with Gasteiger partial charge in [0.15, 0.2) is 17.3 Å². The van der Waals surface area contributed by atoms with E-state index >= 15 is 0 Å². The van der Waals surface area contributed by atoms with Gasteiger partial charge in [0, 0.05) is 17.8 Å². The van der Waals surface area contributed by atoms with Crippen LogP contribution < -0.4 is 19.5 Å². The smallest absolute Gasteiger partial charge is 0.269 e. The van der Waals surface area contributed by atoms with Gasteiger partial charge in [-0.3, -0.25) is 19.7 Å². The van der Waals surface area contributed by atoms with E-state index in [-0.39, 0.29) is 11.3 Å². The van der Waals surface area contributed by atoms with Gasteiger partial charge in [0.1, 0.15) is 0 Å². The molecule has 0 aromatic heterocycles. The Labute approximate surface area is 167 Å². The summed E-state index contributed by atoms with van der Waals surface area (Å²) in [6, 6.07) is 8.48. The van der Waals surface area contributed by atoms with Crippen LogP contribution in [0.3, 0.4) is 0 Å². The number of nitrogens with zero attached hydrogens (tertiary/aromatic N) is 1. The number of hydrogen-bond acceptors (Lipinski definition) is 7. The largest absolute Gasteiger partial charge is 0.493 e. The number of nitrogens with one attached hydrogen (secondary N) is 1. The highest BCUT2D eigenvalue weighted by Crippen LogP contribution is 2.38. The molecule has 152 valence electrons. The van der Waals surface area contributed by atoms with Crippen LogP contribution >= 0.6 is 0 Å². The topological polar surface area (TPSA) is 117 Å². The molecule has 0 aliphatic heterocycles. The Morgan fingerprint density at radius 1 is 1.00 bits per heavy atom. The summed E-state index contributed by atoms with van der Waals surface area (Å²) in [4.78, 5) is 34.8. The first-order chi connectivity index (χ1) is 13.8. The number of anilines is 1. The number of ketones is 1. The molecule has 1 N–H and O–H groups in total. The van der Waals surface area contributed by atoms with Crippen LogP contribution in [0.2, 0.25) is 0 Å². The summed E-state index contributed by atoms with van der Waals surface area (Å²) in [7, 11) is 4.38. The van der Waals surface area contributed by atoms with Gasteiger partial charge in [-0.15, -0.1) is 0 Å². The predicted molar refractivity (Wildman–Crippen MR) is 106 cm³/mol. The van der Waals surface area contributed by atoms with E-state index in [1.54, 1.807) is 12.1 Å². The van der Waals surface area contributed by atoms with Gasteiger partial charge in [0.2, 0.25) is 5.75 Å². The van der Waals surface area contributed by atoms with Crippen molar-refractivity contribution in [2.24, 2.45) is 0 Å². The van der Waals surface area contributed by atoms with Gasteiger partial charge in [-0.25, -0.2) is 0 Å². The minimum atomic E-state index is -0.653. The lowest BCUT2D eigenvalue weighted by Gasteiger charge is -2.13. The van der Waals surface area contributed by atoms with E-state index in [1.165, 1.54) is 58.6 Å². The Hall–Kier alpha value is -3.88. The van der Waals surface area contributed by atoms with E-state index in [2.05, 4.69) is 5.32 Å². The standard InChI is InChI=1S/C20H20N2O7/c1-12(23)16(20(24)21-14-5-7-15(8-6-14)22(25)26)9-13-10-17(27-2)19(29-4)18(11-13)28-3/h5-11H,1-4H3,(H,21,24)/b16-9+. The predicted octanol–water partition coefficient (Wildman–Crippen LogP) is 3.23. The lowest BCUT2D eigenvalue weighted by Crippen LogP contribution is -2.18. The fourth-order valence-corrected chi connectivity index (χ4v) is 2.54. The van der Waals surface area contributed by atoms with Gasteiger partial charge in [-0.05, 0) is 42.8 Å². The van der Waals surface area contributed by atoms with E-state index in [0.29, 0.717) is 28.5 Å². The Morgan fingerprint density at radius 2 is 1.55 bits per heavy atom. The molecule has 0 heterocycles. The van der Waals surface area contributed by atoms with E-state index in [9.17, 15) is 19.7 Å². The van der Waals surface area contributed by atoms with Crippen molar-refractivity contribution < 1.29 is 28.7 Å². The maximum atomic E-state index is 12.6. The molecule has 0 aliphatic carbocycles. The van der Waals surface area contributed by atoms with Crippen molar-refractivity contribution in [3.63, 3.8) is 0 Å². The molecule has 2 aromatic carbocycles. The molecule has 2 rings (SSSR count). The van der Waals surface area contributed by atoms with Crippen molar-refractivity contribution >= 4 is 29.1 Å². The van der Waals surface area contributed by atoms with Crippen LogP contribution in [0.15, 0.2) is 42.0 Å². The maximum Gasteiger partial charge on any atom is 0.269 e.